The molecule has 0 fully saturated rings. The number of hydrogen-bond donors (Lipinski definition) is 0. The van der Waals surface area contributed by atoms with Gasteiger partial charge in [0.15, 0.2) is 0 Å². The average molecular weight is 320 g/mol. The Kier molecular flexibility index (Phi) is 5.86. The predicted molar refractivity (Wildman–Crippen MR) is 52.4 cm³/mol. The molecule has 0 heterocycles. The fraction of sp³-hybridized carbons (Fsp3) is 1.00. The van der Waals surface area contributed by atoms with Gasteiger partial charge in [0.2, 0.25) is 13.2 Å². The van der Waals surface area contributed by atoms with Gasteiger partial charge in [0.05, 0.1) is 0 Å². The number of rotatable bonds is 10. The van der Waals surface area contributed by atoms with Crippen molar-refractivity contribution in [1.82, 2.24) is 0 Å². The van der Waals surface area contributed by atoms with E-state index in [9.17, 15) is 49.2 Å². The Morgan fingerprint density at radius 2 is 0.952 bits per heavy atom. The molecular formula is C5H6F2N4O10. The van der Waals surface area contributed by atoms with Crippen LogP contribution >= 0.6 is 0 Å². The molecule has 0 saturated heterocycles. The van der Waals surface area contributed by atoms with Crippen molar-refractivity contribution in [2.45, 2.75) is 11.8 Å². The van der Waals surface area contributed by atoms with Gasteiger partial charge >= 0.3 is 11.8 Å². The SMILES string of the molecule is O=[N+]([O-])C(F)(COCOCC(F)([N+](=O)[O-])[N+](=O)[O-])[N+](=O)[O-]. The molecule has 21 heavy (non-hydrogen) atoms. The van der Waals surface area contributed by atoms with Crippen LogP contribution in [0.1, 0.15) is 0 Å². The summed E-state index contributed by atoms with van der Waals surface area (Å²) in [6, 6.07) is 0. The lowest BCUT2D eigenvalue weighted by molar-refractivity contribution is -0.835. The zero-order valence-corrected chi connectivity index (χ0v) is 9.75. The summed E-state index contributed by atoms with van der Waals surface area (Å²) < 4.78 is 34.1. The third-order valence-electron chi connectivity index (χ3n) is 1.86. The molecule has 0 bridgehead atoms. The van der Waals surface area contributed by atoms with Gasteiger partial charge in [0, 0.05) is 0 Å². The minimum absolute atomic E-state index is 1.29. The van der Waals surface area contributed by atoms with Crippen LogP contribution in [-0.4, -0.2) is 51.5 Å². The van der Waals surface area contributed by atoms with Crippen LogP contribution in [0.5, 0.6) is 0 Å². The highest BCUT2D eigenvalue weighted by Gasteiger charge is 2.60. The van der Waals surface area contributed by atoms with E-state index in [1.54, 1.807) is 0 Å². The highest BCUT2D eigenvalue weighted by molar-refractivity contribution is 4.50. The molecule has 0 aliphatic rings. The zero-order valence-electron chi connectivity index (χ0n) is 9.75. The Balaban J connectivity index is 4.41. The molecule has 0 saturated carbocycles. The Bertz CT molecular complexity index is 389. The molecule has 0 amide bonds. The van der Waals surface area contributed by atoms with E-state index < -0.39 is 51.5 Å². The van der Waals surface area contributed by atoms with E-state index in [2.05, 4.69) is 9.47 Å². The molecule has 16 heteroatoms. The highest BCUT2D eigenvalue weighted by atomic mass is 19.2. The Hall–Kier alpha value is -2.62. The highest BCUT2D eigenvalue weighted by Crippen LogP contribution is 2.15. The van der Waals surface area contributed by atoms with E-state index in [-0.39, 0.29) is 0 Å². The van der Waals surface area contributed by atoms with Crippen molar-refractivity contribution in [3.8, 4) is 0 Å². The molecule has 0 N–H and O–H groups in total. The first-order valence-electron chi connectivity index (χ1n) is 4.59. The second kappa shape index (κ2) is 6.70. The maximum atomic E-state index is 13.1. The third kappa shape index (κ3) is 4.18. The van der Waals surface area contributed by atoms with Crippen molar-refractivity contribution in [2.75, 3.05) is 20.0 Å². The van der Waals surface area contributed by atoms with E-state index in [0.29, 0.717) is 0 Å². The van der Waals surface area contributed by atoms with Gasteiger partial charge in [-0.25, -0.2) is 0 Å². The summed E-state index contributed by atoms with van der Waals surface area (Å²) in [7, 11) is 0. The van der Waals surface area contributed by atoms with E-state index in [0.717, 1.165) is 0 Å². The van der Waals surface area contributed by atoms with Gasteiger partial charge in [-0.2, -0.15) is 0 Å². The molecule has 0 rings (SSSR count). The van der Waals surface area contributed by atoms with Crippen LogP contribution in [-0.2, 0) is 9.47 Å². The number of halogens is 2. The lowest BCUT2D eigenvalue weighted by Crippen LogP contribution is -2.47. The molecule has 0 aromatic rings. The zero-order chi connectivity index (χ0) is 16.8. The van der Waals surface area contributed by atoms with E-state index >= 15 is 0 Å². The van der Waals surface area contributed by atoms with Gasteiger partial charge in [-0.15, -0.1) is 0 Å². The number of nitro groups is 4. The van der Waals surface area contributed by atoms with Crippen LogP contribution in [0.2, 0.25) is 0 Å². The normalized spacial score (nSPS) is 11.9. The Morgan fingerprint density at radius 1 is 0.714 bits per heavy atom. The van der Waals surface area contributed by atoms with Crippen molar-refractivity contribution in [2.24, 2.45) is 0 Å². The maximum absolute atomic E-state index is 13.1. The van der Waals surface area contributed by atoms with Gasteiger partial charge in [-0.3, -0.25) is 40.5 Å². The fourth-order valence-corrected chi connectivity index (χ4v) is 0.746. The molecule has 0 aromatic heterocycles. The molecule has 0 spiro atoms. The van der Waals surface area contributed by atoms with E-state index in [4.69, 9.17) is 0 Å². The van der Waals surface area contributed by atoms with Crippen LogP contribution in [0, 0.1) is 40.5 Å². The Labute approximate surface area is 111 Å². The summed E-state index contributed by atoms with van der Waals surface area (Å²) in [6.45, 7) is -4.81. The second-order valence-corrected chi connectivity index (χ2v) is 3.28. The molecule has 0 unspecified atom stereocenters. The van der Waals surface area contributed by atoms with E-state index in [1.807, 2.05) is 0 Å². The van der Waals surface area contributed by atoms with Crippen LogP contribution in [0.3, 0.4) is 0 Å². The predicted octanol–water partition coefficient (Wildman–Crippen LogP) is -0.669. The number of ether oxygens (including phenoxy) is 2. The van der Waals surface area contributed by atoms with Crippen molar-refractivity contribution in [3.05, 3.63) is 40.5 Å². The minimum Gasteiger partial charge on any atom is -0.337 e. The topological polar surface area (TPSA) is 191 Å². The molecule has 0 aliphatic carbocycles. The van der Waals surface area contributed by atoms with Crippen molar-refractivity contribution >= 4 is 0 Å². The maximum Gasteiger partial charge on any atom is 0.637 e. The number of hydrogen-bond acceptors (Lipinski definition) is 10. The summed E-state index contributed by atoms with van der Waals surface area (Å²) in [5, 5.41) is 40.4. The molecule has 120 valence electrons. The van der Waals surface area contributed by atoms with Gasteiger partial charge in [-0.05, 0) is 0 Å². The summed E-state index contributed by atoms with van der Waals surface area (Å²) in [5.41, 5.74) is 0. The summed E-state index contributed by atoms with van der Waals surface area (Å²) in [5.74, 6) is -8.41. The molecule has 0 atom stereocenters. The third-order valence-corrected chi connectivity index (χ3v) is 1.86. The first-order valence-corrected chi connectivity index (χ1v) is 4.59. The van der Waals surface area contributed by atoms with Gasteiger partial charge in [0.25, 0.3) is 0 Å². The lowest BCUT2D eigenvalue weighted by Gasteiger charge is -2.10. The van der Waals surface area contributed by atoms with Crippen LogP contribution in [0.15, 0.2) is 0 Å². The minimum atomic E-state index is -4.21. The standard InChI is InChI=1S/C5H6F2N4O10/c6-4(8(12)13,9(14)15)1-20-3-21-2-5(7,10(16)17)11(18)19/h1-3H2. The second-order valence-electron chi connectivity index (χ2n) is 3.28. The van der Waals surface area contributed by atoms with Crippen molar-refractivity contribution < 1.29 is 37.9 Å². The van der Waals surface area contributed by atoms with Gasteiger partial charge < -0.3 is 9.47 Å². The summed E-state index contributed by atoms with van der Waals surface area (Å²) in [6.07, 6.45) is 0. The molecule has 0 aliphatic heterocycles. The van der Waals surface area contributed by atoms with Crippen LogP contribution in [0.4, 0.5) is 8.78 Å². The quantitative estimate of drug-likeness (QED) is 0.164. The van der Waals surface area contributed by atoms with Crippen molar-refractivity contribution in [3.63, 3.8) is 0 Å². The largest absolute Gasteiger partial charge is 0.637 e. The summed E-state index contributed by atoms with van der Waals surface area (Å²) >= 11 is 0. The summed E-state index contributed by atoms with van der Waals surface area (Å²) in [4.78, 5) is 32.7. The monoisotopic (exact) mass is 320 g/mol. The number of alkyl halides is 2. The van der Waals surface area contributed by atoms with E-state index in [1.165, 1.54) is 0 Å². The fourth-order valence-electron chi connectivity index (χ4n) is 0.746. The van der Waals surface area contributed by atoms with Gasteiger partial charge in [-0.1, -0.05) is 8.78 Å². The smallest absolute Gasteiger partial charge is 0.337 e. The van der Waals surface area contributed by atoms with Crippen molar-refractivity contribution in [1.29, 1.82) is 0 Å². The van der Waals surface area contributed by atoms with Crippen LogP contribution < -0.4 is 0 Å². The average Bonchev–Trinajstić information content (AvgIpc) is 2.36. The van der Waals surface area contributed by atoms with Crippen LogP contribution in [0.25, 0.3) is 0 Å². The molecule has 0 radical (unpaired) electrons. The number of nitrogens with zero attached hydrogens (tertiary/aromatic N) is 4. The van der Waals surface area contributed by atoms with Gasteiger partial charge in [0.1, 0.15) is 26.5 Å². The molecule has 14 nitrogen and oxygen atoms in total. The lowest BCUT2D eigenvalue weighted by atomic mass is 10.5. The Morgan fingerprint density at radius 3 is 1.14 bits per heavy atom. The first-order chi connectivity index (χ1) is 9.48. The first kappa shape index (κ1) is 18.4. The molecule has 0 aromatic carbocycles. The molecular weight excluding hydrogens is 314 g/mol.